The molecule has 3 rings (SSSR count). The predicted octanol–water partition coefficient (Wildman–Crippen LogP) is 2.15. The zero-order chi connectivity index (χ0) is 16.9. The average molecular weight is 324 g/mol. The summed E-state index contributed by atoms with van der Waals surface area (Å²) in [5.41, 5.74) is 9.65. The predicted molar refractivity (Wildman–Crippen MR) is 95.5 cm³/mol. The summed E-state index contributed by atoms with van der Waals surface area (Å²) in [5.74, 6) is 0.452. The maximum absolute atomic E-state index is 10.9. The fourth-order valence-electron chi connectivity index (χ4n) is 2.56. The van der Waals surface area contributed by atoms with E-state index in [4.69, 9.17) is 5.73 Å². The van der Waals surface area contributed by atoms with Crippen molar-refractivity contribution in [2.45, 2.75) is 13.3 Å². The Morgan fingerprint density at radius 1 is 1.25 bits per heavy atom. The van der Waals surface area contributed by atoms with Gasteiger partial charge in [0.25, 0.3) is 0 Å². The second-order valence-corrected chi connectivity index (χ2v) is 5.56. The monoisotopic (exact) mass is 324 g/mol. The van der Waals surface area contributed by atoms with E-state index in [1.54, 1.807) is 6.20 Å². The van der Waals surface area contributed by atoms with Crippen molar-refractivity contribution >= 4 is 28.3 Å². The normalized spacial score (nSPS) is 10.7. The van der Waals surface area contributed by atoms with Crippen LogP contribution < -0.4 is 16.4 Å². The van der Waals surface area contributed by atoms with Crippen LogP contribution in [0.3, 0.4) is 0 Å². The number of carbonyl (C=O) groups excluding carboxylic acids is 1. The third kappa shape index (κ3) is 3.62. The van der Waals surface area contributed by atoms with Gasteiger partial charge in [-0.1, -0.05) is 12.1 Å². The number of aromatic nitrogens is 3. The molecule has 0 aliphatic heterocycles. The van der Waals surface area contributed by atoms with Crippen molar-refractivity contribution in [1.82, 2.24) is 20.5 Å². The Morgan fingerprint density at radius 3 is 2.88 bits per heavy atom. The molecule has 1 amide bonds. The van der Waals surface area contributed by atoms with Crippen LogP contribution in [0.5, 0.6) is 0 Å². The Kier molecular flexibility index (Phi) is 4.60. The van der Waals surface area contributed by atoms with Crippen molar-refractivity contribution in [3.8, 4) is 11.3 Å². The molecule has 24 heavy (non-hydrogen) atoms. The molecule has 0 aliphatic carbocycles. The smallest absolute Gasteiger partial charge is 0.216 e. The lowest BCUT2D eigenvalue weighted by Crippen LogP contribution is -2.22. The largest absolute Gasteiger partial charge is 0.384 e. The molecule has 7 heteroatoms. The summed E-state index contributed by atoms with van der Waals surface area (Å²) in [5, 5.41) is 14.1. The molecule has 5 N–H and O–H groups in total. The number of nitrogens with two attached hydrogens (primary N) is 1. The van der Waals surface area contributed by atoms with Crippen LogP contribution in [-0.4, -0.2) is 34.2 Å². The maximum atomic E-state index is 10.9. The van der Waals surface area contributed by atoms with Crippen molar-refractivity contribution in [3.63, 3.8) is 0 Å². The average Bonchev–Trinajstić information content (AvgIpc) is 3.07. The number of amides is 1. The molecule has 0 spiro atoms. The zero-order valence-corrected chi connectivity index (χ0v) is 13.5. The number of rotatable bonds is 6. The Hall–Kier alpha value is -3.09. The van der Waals surface area contributed by atoms with Gasteiger partial charge >= 0.3 is 0 Å². The number of carbonyl (C=O) groups is 1. The lowest BCUT2D eigenvalue weighted by atomic mass is 10.1. The highest BCUT2D eigenvalue weighted by Crippen LogP contribution is 2.28. The van der Waals surface area contributed by atoms with Crippen LogP contribution in [0.15, 0.2) is 36.5 Å². The Labute approximate surface area is 139 Å². The molecule has 0 bridgehead atoms. The van der Waals surface area contributed by atoms with Crippen molar-refractivity contribution in [2.75, 3.05) is 24.1 Å². The molecule has 0 aliphatic rings. The molecule has 0 saturated heterocycles. The Balaban J connectivity index is 1.79. The van der Waals surface area contributed by atoms with Crippen LogP contribution in [0.1, 0.15) is 13.3 Å². The van der Waals surface area contributed by atoms with Crippen molar-refractivity contribution in [3.05, 3.63) is 36.5 Å². The number of H-pyrrole nitrogens is 1. The number of anilines is 2. The molecular formula is C17H20N6O. The number of hydrogen-bond donors (Lipinski definition) is 4. The summed E-state index contributed by atoms with van der Waals surface area (Å²) in [6.45, 7) is 2.90. The minimum absolute atomic E-state index is 0.0139. The molecule has 2 aromatic heterocycles. The van der Waals surface area contributed by atoms with E-state index >= 15 is 0 Å². The second-order valence-electron chi connectivity index (χ2n) is 5.56. The number of nitrogens with one attached hydrogen (secondary N) is 3. The first-order valence-electron chi connectivity index (χ1n) is 7.82. The zero-order valence-electron chi connectivity index (χ0n) is 13.5. The lowest BCUT2D eigenvalue weighted by Gasteiger charge is -2.11. The Bertz CT molecular complexity index is 844. The highest BCUT2D eigenvalue weighted by Gasteiger charge is 2.07. The SMILES string of the molecule is CC(=O)NCCCNc1cc(N)nc2cc(-c3ccn[nH]3)ccc12. The first-order chi connectivity index (χ1) is 11.6. The summed E-state index contributed by atoms with van der Waals surface area (Å²) >= 11 is 0. The molecule has 0 saturated carbocycles. The minimum Gasteiger partial charge on any atom is -0.384 e. The third-order valence-electron chi connectivity index (χ3n) is 3.68. The molecule has 124 valence electrons. The van der Waals surface area contributed by atoms with E-state index in [9.17, 15) is 4.79 Å². The molecule has 2 heterocycles. The third-order valence-corrected chi connectivity index (χ3v) is 3.68. The van der Waals surface area contributed by atoms with Crippen LogP contribution in [0, 0.1) is 0 Å². The van der Waals surface area contributed by atoms with E-state index in [0.717, 1.165) is 40.8 Å². The van der Waals surface area contributed by atoms with E-state index in [2.05, 4.69) is 25.8 Å². The number of nitrogens with zero attached hydrogens (tertiary/aromatic N) is 2. The molecular weight excluding hydrogens is 304 g/mol. The summed E-state index contributed by atoms with van der Waals surface area (Å²) in [7, 11) is 0. The van der Waals surface area contributed by atoms with E-state index in [1.807, 2.05) is 30.3 Å². The van der Waals surface area contributed by atoms with Crippen molar-refractivity contribution < 1.29 is 4.79 Å². The molecule has 0 atom stereocenters. The highest BCUT2D eigenvalue weighted by molar-refractivity contribution is 5.95. The lowest BCUT2D eigenvalue weighted by molar-refractivity contribution is -0.118. The molecule has 0 fully saturated rings. The number of fused-ring (bicyclic) bond motifs is 1. The fourth-order valence-corrected chi connectivity index (χ4v) is 2.56. The van der Waals surface area contributed by atoms with Gasteiger partial charge in [0, 0.05) is 48.9 Å². The van der Waals surface area contributed by atoms with E-state index < -0.39 is 0 Å². The first-order valence-corrected chi connectivity index (χ1v) is 7.82. The first kappa shape index (κ1) is 15.8. The van der Waals surface area contributed by atoms with E-state index in [-0.39, 0.29) is 5.91 Å². The van der Waals surface area contributed by atoms with Crippen LogP contribution in [-0.2, 0) is 4.79 Å². The number of nitrogen functional groups attached to an aromatic ring is 1. The van der Waals surface area contributed by atoms with Crippen LogP contribution >= 0.6 is 0 Å². The van der Waals surface area contributed by atoms with Crippen LogP contribution in [0.4, 0.5) is 11.5 Å². The summed E-state index contributed by atoms with van der Waals surface area (Å²) in [6, 6.07) is 9.78. The number of benzene rings is 1. The van der Waals surface area contributed by atoms with E-state index in [0.29, 0.717) is 12.4 Å². The standard InChI is InChI=1S/C17H20N6O/c1-11(24)19-6-2-7-20-15-10-17(18)22-16-9-12(3-4-13(15)16)14-5-8-21-23-14/h3-5,8-10H,2,6-7H2,1H3,(H,19,24)(H,21,23)(H3,18,20,22). The van der Waals surface area contributed by atoms with Crippen molar-refractivity contribution in [1.29, 1.82) is 0 Å². The molecule has 0 radical (unpaired) electrons. The quantitative estimate of drug-likeness (QED) is 0.520. The molecule has 1 aromatic carbocycles. The van der Waals surface area contributed by atoms with Gasteiger partial charge in [-0.05, 0) is 18.6 Å². The van der Waals surface area contributed by atoms with Crippen LogP contribution in [0.25, 0.3) is 22.2 Å². The Morgan fingerprint density at radius 2 is 2.12 bits per heavy atom. The highest BCUT2D eigenvalue weighted by atomic mass is 16.1. The van der Waals surface area contributed by atoms with Gasteiger partial charge in [-0.3, -0.25) is 9.89 Å². The second kappa shape index (κ2) is 6.99. The summed E-state index contributed by atoms with van der Waals surface area (Å²) in [4.78, 5) is 15.3. The van der Waals surface area contributed by atoms with Gasteiger partial charge in [0.15, 0.2) is 0 Å². The minimum atomic E-state index is -0.0139. The van der Waals surface area contributed by atoms with Gasteiger partial charge in [-0.25, -0.2) is 4.98 Å². The maximum Gasteiger partial charge on any atom is 0.216 e. The summed E-state index contributed by atoms with van der Waals surface area (Å²) in [6.07, 6.45) is 2.55. The van der Waals surface area contributed by atoms with Gasteiger partial charge in [0.2, 0.25) is 5.91 Å². The summed E-state index contributed by atoms with van der Waals surface area (Å²) < 4.78 is 0. The molecule has 3 aromatic rings. The van der Waals surface area contributed by atoms with Gasteiger partial charge < -0.3 is 16.4 Å². The molecule has 0 unspecified atom stereocenters. The van der Waals surface area contributed by atoms with Gasteiger partial charge in [0.1, 0.15) is 5.82 Å². The topological polar surface area (TPSA) is 109 Å². The van der Waals surface area contributed by atoms with Crippen LogP contribution in [0.2, 0.25) is 0 Å². The van der Waals surface area contributed by atoms with Gasteiger partial charge in [-0.2, -0.15) is 5.10 Å². The van der Waals surface area contributed by atoms with Gasteiger partial charge in [0.05, 0.1) is 11.2 Å². The molecule has 7 nitrogen and oxygen atoms in total. The number of hydrogen-bond acceptors (Lipinski definition) is 5. The van der Waals surface area contributed by atoms with Crippen molar-refractivity contribution in [2.24, 2.45) is 0 Å². The number of pyridine rings is 1. The van der Waals surface area contributed by atoms with E-state index in [1.165, 1.54) is 6.92 Å². The van der Waals surface area contributed by atoms with Gasteiger partial charge in [-0.15, -0.1) is 0 Å². The number of aromatic amines is 1. The fraction of sp³-hybridized carbons (Fsp3) is 0.235.